The van der Waals surface area contributed by atoms with Crippen molar-refractivity contribution in [3.05, 3.63) is 0 Å². The van der Waals surface area contributed by atoms with Crippen molar-refractivity contribution in [1.29, 1.82) is 5.26 Å². The van der Waals surface area contributed by atoms with Crippen LogP contribution in [0.3, 0.4) is 0 Å². The zero-order valence-corrected chi connectivity index (χ0v) is 8.47. The van der Waals surface area contributed by atoms with Crippen LogP contribution < -0.4 is 0 Å². The molecular formula is C9H13NO2S. The summed E-state index contributed by atoms with van der Waals surface area (Å²) in [5.74, 6) is -0.104. The molecule has 0 amide bonds. The molecule has 0 spiro atoms. The summed E-state index contributed by atoms with van der Waals surface area (Å²) in [7, 11) is 1.42. The molecule has 0 aromatic rings. The molecule has 72 valence electrons. The molecule has 0 aromatic heterocycles. The van der Waals surface area contributed by atoms with E-state index in [-0.39, 0.29) is 11.9 Å². The van der Waals surface area contributed by atoms with Crippen molar-refractivity contribution in [2.45, 2.75) is 30.9 Å². The van der Waals surface area contributed by atoms with E-state index in [0.29, 0.717) is 5.25 Å². The molecule has 1 saturated carbocycles. The maximum atomic E-state index is 11.2. The predicted molar refractivity (Wildman–Crippen MR) is 51.0 cm³/mol. The number of nitriles is 1. The van der Waals surface area contributed by atoms with Crippen LogP contribution in [-0.2, 0) is 9.53 Å². The Morgan fingerprint density at radius 1 is 1.62 bits per heavy atom. The van der Waals surface area contributed by atoms with Crippen LogP contribution in [0.2, 0.25) is 0 Å². The summed E-state index contributed by atoms with van der Waals surface area (Å²) in [6.45, 7) is 0. The Bertz CT molecular complexity index is 224. The highest BCUT2D eigenvalue weighted by Crippen LogP contribution is 2.32. The van der Waals surface area contributed by atoms with Gasteiger partial charge in [0.15, 0.2) is 0 Å². The molecule has 0 bridgehead atoms. The molecule has 0 heterocycles. The number of hydrogen-bond acceptors (Lipinski definition) is 4. The van der Waals surface area contributed by atoms with Gasteiger partial charge >= 0.3 is 5.97 Å². The lowest BCUT2D eigenvalue weighted by Gasteiger charge is -2.24. The first-order chi connectivity index (χ1) is 6.27. The number of rotatable bonds is 2. The van der Waals surface area contributed by atoms with Crippen molar-refractivity contribution < 1.29 is 9.53 Å². The molecule has 0 N–H and O–H groups in total. The minimum absolute atomic E-state index is 0.0181. The quantitative estimate of drug-likeness (QED) is 0.503. The molecule has 3 nitrogen and oxygen atoms in total. The standard InChI is InChI=1S/C9H13NO2S/c1-12-9(11)7-3-2-4-8(5-7)13-6-10/h7-8H,2-5H2,1H3. The zero-order chi connectivity index (χ0) is 9.68. The van der Waals surface area contributed by atoms with Gasteiger partial charge in [0.1, 0.15) is 5.40 Å². The van der Waals surface area contributed by atoms with Crippen LogP contribution in [0.4, 0.5) is 0 Å². The van der Waals surface area contributed by atoms with Crippen LogP contribution >= 0.6 is 11.8 Å². The van der Waals surface area contributed by atoms with E-state index in [0.717, 1.165) is 25.7 Å². The van der Waals surface area contributed by atoms with Crippen LogP contribution in [0, 0.1) is 16.6 Å². The maximum Gasteiger partial charge on any atom is 0.308 e. The summed E-state index contributed by atoms with van der Waals surface area (Å²) in [6.07, 6.45) is 3.78. The van der Waals surface area contributed by atoms with Gasteiger partial charge < -0.3 is 4.74 Å². The summed E-state index contributed by atoms with van der Waals surface area (Å²) in [5.41, 5.74) is 0. The maximum absolute atomic E-state index is 11.2. The molecular weight excluding hydrogens is 186 g/mol. The number of nitrogens with zero attached hydrogens (tertiary/aromatic N) is 1. The summed E-state index contributed by atoms with van der Waals surface area (Å²) < 4.78 is 4.69. The second-order valence-electron chi connectivity index (χ2n) is 3.22. The van der Waals surface area contributed by atoms with Crippen LogP contribution in [-0.4, -0.2) is 18.3 Å². The fourth-order valence-corrected chi connectivity index (χ4v) is 2.47. The number of thiocyanates is 1. The third-order valence-corrected chi connectivity index (χ3v) is 3.25. The molecule has 2 unspecified atom stereocenters. The fourth-order valence-electron chi connectivity index (χ4n) is 1.71. The Balaban J connectivity index is 2.42. The van der Waals surface area contributed by atoms with Crippen molar-refractivity contribution >= 4 is 17.7 Å². The number of carbonyl (C=O) groups is 1. The Kier molecular flexibility index (Phi) is 4.10. The number of hydrogen-bond donors (Lipinski definition) is 0. The van der Waals surface area contributed by atoms with E-state index >= 15 is 0 Å². The van der Waals surface area contributed by atoms with Crippen LogP contribution in [0.1, 0.15) is 25.7 Å². The predicted octanol–water partition coefficient (Wildman–Crippen LogP) is 1.93. The topological polar surface area (TPSA) is 50.1 Å². The Morgan fingerprint density at radius 2 is 2.38 bits per heavy atom. The van der Waals surface area contributed by atoms with Crippen molar-refractivity contribution in [3.8, 4) is 5.40 Å². The van der Waals surface area contributed by atoms with Gasteiger partial charge in [0, 0.05) is 5.25 Å². The molecule has 1 rings (SSSR count). The lowest BCUT2D eigenvalue weighted by atomic mass is 9.89. The second kappa shape index (κ2) is 5.13. The first-order valence-electron chi connectivity index (χ1n) is 4.40. The van der Waals surface area contributed by atoms with Crippen LogP contribution in [0.25, 0.3) is 0 Å². The van der Waals surface area contributed by atoms with Crippen molar-refractivity contribution in [1.82, 2.24) is 0 Å². The summed E-state index contributed by atoms with van der Waals surface area (Å²) in [5, 5.41) is 10.9. The van der Waals surface area contributed by atoms with Gasteiger partial charge in [-0.1, -0.05) is 6.42 Å². The average molecular weight is 199 g/mol. The molecule has 0 saturated heterocycles. The van der Waals surface area contributed by atoms with E-state index in [9.17, 15) is 4.79 Å². The van der Waals surface area contributed by atoms with Gasteiger partial charge in [0.25, 0.3) is 0 Å². The van der Waals surface area contributed by atoms with Crippen LogP contribution in [0.15, 0.2) is 0 Å². The number of thioether (sulfide) groups is 1. The van der Waals surface area contributed by atoms with E-state index < -0.39 is 0 Å². The van der Waals surface area contributed by atoms with Crippen molar-refractivity contribution in [2.24, 2.45) is 5.92 Å². The van der Waals surface area contributed by atoms with Gasteiger partial charge in [-0.2, -0.15) is 5.26 Å². The number of carbonyl (C=O) groups excluding carboxylic acids is 1. The average Bonchev–Trinajstić information content (AvgIpc) is 2.18. The summed E-state index contributed by atoms with van der Waals surface area (Å²) in [4.78, 5) is 11.2. The van der Waals surface area contributed by atoms with Crippen LogP contribution in [0.5, 0.6) is 0 Å². The molecule has 0 aromatic carbocycles. The third-order valence-electron chi connectivity index (χ3n) is 2.38. The molecule has 0 aliphatic heterocycles. The van der Waals surface area contributed by atoms with E-state index in [1.165, 1.54) is 18.9 Å². The van der Waals surface area contributed by atoms with E-state index in [2.05, 4.69) is 10.1 Å². The SMILES string of the molecule is COC(=O)C1CCCC(SC#N)C1. The van der Waals surface area contributed by atoms with Gasteiger partial charge in [-0.3, -0.25) is 4.79 Å². The minimum atomic E-state index is -0.122. The lowest BCUT2D eigenvalue weighted by molar-refractivity contribution is -0.146. The van der Waals surface area contributed by atoms with E-state index in [1.54, 1.807) is 0 Å². The highest BCUT2D eigenvalue weighted by molar-refractivity contribution is 8.04. The molecule has 1 aliphatic rings. The Hall–Kier alpha value is -0.690. The van der Waals surface area contributed by atoms with Gasteiger partial charge in [0.05, 0.1) is 13.0 Å². The summed E-state index contributed by atoms with van der Waals surface area (Å²) in [6, 6.07) is 0. The molecule has 4 heteroatoms. The minimum Gasteiger partial charge on any atom is -0.469 e. The zero-order valence-electron chi connectivity index (χ0n) is 7.66. The number of methoxy groups -OCH3 is 1. The van der Waals surface area contributed by atoms with Gasteiger partial charge in [-0.25, -0.2) is 0 Å². The highest BCUT2D eigenvalue weighted by atomic mass is 32.2. The van der Waals surface area contributed by atoms with E-state index in [1.807, 2.05) is 0 Å². The first kappa shape index (κ1) is 10.4. The fraction of sp³-hybridized carbons (Fsp3) is 0.778. The number of ether oxygens (including phenoxy) is 1. The first-order valence-corrected chi connectivity index (χ1v) is 5.28. The number of esters is 1. The normalized spacial score (nSPS) is 27.7. The van der Waals surface area contributed by atoms with E-state index in [4.69, 9.17) is 5.26 Å². The highest BCUT2D eigenvalue weighted by Gasteiger charge is 2.28. The van der Waals surface area contributed by atoms with Gasteiger partial charge in [-0.05, 0) is 31.0 Å². The lowest BCUT2D eigenvalue weighted by Crippen LogP contribution is -2.24. The van der Waals surface area contributed by atoms with Crippen molar-refractivity contribution in [2.75, 3.05) is 7.11 Å². The smallest absolute Gasteiger partial charge is 0.308 e. The Morgan fingerprint density at radius 3 is 3.00 bits per heavy atom. The molecule has 13 heavy (non-hydrogen) atoms. The van der Waals surface area contributed by atoms with Gasteiger partial charge in [0.2, 0.25) is 0 Å². The molecule has 1 fully saturated rings. The Labute approximate surface area is 82.4 Å². The molecule has 0 radical (unpaired) electrons. The largest absolute Gasteiger partial charge is 0.469 e. The second-order valence-corrected chi connectivity index (χ2v) is 4.30. The van der Waals surface area contributed by atoms with Gasteiger partial charge in [-0.15, -0.1) is 0 Å². The van der Waals surface area contributed by atoms with Crippen molar-refractivity contribution in [3.63, 3.8) is 0 Å². The molecule has 1 aliphatic carbocycles. The monoisotopic (exact) mass is 199 g/mol. The molecule has 2 atom stereocenters. The third kappa shape index (κ3) is 2.92. The summed E-state index contributed by atoms with van der Waals surface area (Å²) >= 11 is 1.28.